The molecule has 124 valence electrons. The van der Waals surface area contributed by atoms with Crippen molar-refractivity contribution in [1.29, 1.82) is 0 Å². The molecule has 0 spiro atoms. The van der Waals surface area contributed by atoms with Crippen LogP contribution in [0.1, 0.15) is 5.89 Å². The summed E-state index contributed by atoms with van der Waals surface area (Å²) >= 11 is 8.41. The van der Waals surface area contributed by atoms with Crippen LogP contribution in [-0.2, 0) is 19.1 Å². The van der Waals surface area contributed by atoms with Gasteiger partial charge < -0.3 is 13.9 Å². The molecule has 0 radical (unpaired) electrons. The third kappa shape index (κ3) is 3.04. The van der Waals surface area contributed by atoms with Crippen molar-refractivity contribution >= 4 is 63.2 Å². The van der Waals surface area contributed by atoms with Crippen molar-refractivity contribution in [2.45, 2.75) is 0 Å². The monoisotopic (exact) mass is 383 g/mol. The molecule has 0 amide bonds. The zero-order valence-electron chi connectivity index (χ0n) is 12.5. The van der Waals surface area contributed by atoms with Gasteiger partial charge in [-0.25, -0.2) is 14.6 Å². The Morgan fingerprint density at radius 3 is 2.21 bits per heavy atom. The summed E-state index contributed by atoms with van der Waals surface area (Å²) in [7, 11) is 2.47. The topological polar surface area (TPSA) is 78.6 Å². The molecule has 0 atom stereocenters. The summed E-state index contributed by atoms with van der Waals surface area (Å²) in [5, 5.41) is 0.210. The number of rotatable bonds is 3. The summed E-state index contributed by atoms with van der Waals surface area (Å²) in [6, 6.07) is 7.22. The fourth-order valence-electron chi connectivity index (χ4n) is 1.90. The second-order valence-corrected chi connectivity index (χ2v) is 7.11. The van der Waals surface area contributed by atoms with E-state index in [0.717, 1.165) is 23.5 Å². The van der Waals surface area contributed by atoms with Crippen molar-refractivity contribution in [2.75, 3.05) is 14.2 Å². The number of oxazole rings is 1. The van der Waals surface area contributed by atoms with Crippen molar-refractivity contribution < 1.29 is 23.5 Å². The van der Waals surface area contributed by atoms with Gasteiger partial charge >= 0.3 is 11.9 Å². The van der Waals surface area contributed by atoms with Gasteiger partial charge in [-0.3, -0.25) is 0 Å². The molecule has 2 heterocycles. The number of nitrogens with zero attached hydrogens (tertiary/aromatic N) is 1. The highest BCUT2D eigenvalue weighted by atomic mass is 35.5. The summed E-state index contributed by atoms with van der Waals surface area (Å²) in [5.41, 5.74) is 1.25. The van der Waals surface area contributed by atoms with E-state index in [-0.39, 0.29) is 20.7 Å². The van der Waals surface area contributed by atoms with E-state index in [4.69, 9.17) is 25.5 Å². The Morgan fingerprint density at radius 1 is 1.08 bits per heavy atom. The van der Waals surface area contributed by atoms with Crippen molar-refractivity contribution in [3.63, 3.8) is 0 Å². The first kappa shape index (κ1) is 16.9. The molecular formula is C15H10ClNO5S2. The van der Waals surface area contributed by atoms with Crippen LogP contribution in [0.3, 0.4) is 0 Å². The van der Waals surface area contributed by atoms with Crippen molar-refractivity contribution in [1.82, 2.24) is 4.98 Å². The van der Waals surface area contributed by atoms with Gasteiger partial charge in [-0.05, 0) is 12.1 Å². The van der Waals surface area contributed by atoms with E-state index < -0.39 is 11.9 Å². The quantitative estimate of drug-likeness (QED) is 0.742. The maximum Gasteiger partial charge on any atom is 0.346 e. The fraction of sp³-hybridized carbons (Fsp3) is 0.133. The van der Waals surface area contributed by atoms with Gasteiger partial charge in [0.05, 0.1) is 18.5 Å². The summed E-state index contributed by atoms with van der Waals surface area (Å²) in [4.78, 5) is 28.3. The molecule has 1 aromatic carbocycles. The molecule has 6 nitrogen and oxygen atoms in total. The minimum Gasteiger partial charge on any atom is -0.465 e. The molecule has 1 aliphatic heterocycles. The Kier molecular flexibility index (Phi) is 4.88. The van der Waals surface area contributed by atoms with E-state index in [2.05, 4.69) is 4.98 Å². The van der Waals surface area contributed by atoms with Crippen LogP contribution in [0.25, 0.3) is 16.1 Å². The van der Waals surface area contributed by atoms with Crippen LogP contribution in [-0.4, -0.2) is 31.1 Å². The number of esters is 2. The predicted octanol–water partition coefficient (Wildman–Crippen LogP) is 3.73. The van der Waals surface area contributed by atoms with E-state index in [1.54, 1.807) is 12.1 Å². The Balaban J connectivity index is 1.99. The number of aromatic nitrogens is 1. The molecule has 2 aromatic rings. The van der Waals surface area contributed by atoms with E-state index in [9.17, 15) is 9.59 Å². The lowest BCUT2D eigenvalue weighted by Gasteiger charge is -2.00. The smallest absolute Gasteiger partial charge is 0.346 e. The SMILES string of the molecule is COC(=O)C1=C(C(=O)OC)SC(=C(Cl)c2nc3ccccc3o2)S1. The predicted molar refractivity (Wildman–Crippen MR) is 93.0 cm³/mol. The lowest BCUT2D eigenvalue weighted by Crippen LogP contribution is -2.08. The number of para-hydroxylation sites is 2. The van der Waals surface area contributed by atoms with Gasteiger partial charge in [0.1, 0.15) is 20.4 Å². The molecule has 3 rings (SSSR count). The summed E-state index contributed by atoms with van der Waals surface area (Å²) in [6.07, 6.45) is 0. The number of carbonyl (C=O) groups is 2. The standard InChI is InChI=1S/C15H10ClNO5S2/c1-20-13(18)10-11(14(19)21-2)24-15(23-10)9(16)12-17-7-5-3-4-6-8(7)22-12/h3-6H,1-2H3. The molecule has 0 N–H and O–H groups in total. The van der Waals surface area contributed by atoms with Gasteiger partial charge in [0, 0.05) is 0 Å². The Bertz CT molecular complexity index is 839. The van der Waals surface area contributed by atoms with Gasteiger partial charge in [0.2, 0.25) is 5.89 Å². The van der Waals surface area contributed by atoms with Crippen molar-refractivity contribution in [2.24, 2.45) is 0 Å². The van der Waals surface area contributed by atoms with Gasteiger partial charge in [-0.1, -0.05) is 47.3 Å². The molecule has 0 unspecified atom stereocenters. The van der Waals surface area contributed by atoms with E-state index >= 15 is 0 Å². The molecule has 0 saturated heterocycles. The zero-order chi connectivity index (χ0) is 17.3. The Labute approximate surface area is 150 Å². The van der Waals surface area contributed by atoms with E-state index in [0.29, 0.717) is 15.3 Å². The average molecular weight is 384 g/mol. The molecular weight excluding hydrogens is 374 g/mol. The summed E-state index contributed by atoms with van der Waals surface area (Å²) in [5.74, 6) is -1.06. The lowest BCUT2D eigenvalue weighted by molar-refractivity contribution is -0.138. The van der Waals surface area contributed by atoms with Gasteiger partial charge in [0.25, 0.3) is 0 Å². The van der Waals surface area contributed by atoms with Crippen LogP contribution in [0.2, 0.25) is 0 Å². The van der Waals surface area contributed by atoms with Crippen LogP contribution in [0.15, 0.2) is 42.7 Å². The summed E-state index contributed by atoms with van der Waals surface area (Å²) in [6.45, 7) is 0. The first-order valence-electron chi connectivity index (χ1n) is 6.57. The maximum absolute atomic E-state index is 11.9. The van der Waals surface area contributed by atoms with Crippen molar-refractivity contribution in [3.05, 3.63) is 44.2 Å². The largest absolute Gasteiger partial charge is 0.465 e. The molecule has 24 heavy (non-hydrogen) atoms. The second kappa shape index (κ2) is 6.92. The number of carbonyl (C=O) groups excluding carboxylic acids is 2. The van der Waals surface area contributed by atoms with Gasteiger partial charge in [-0.2, -0.15) is 0 Å². The average Bonchev–Trinajstić information content (AvgIpc) is 3.23. The third-order valence-electron chi connectivity index (χ3n) is 3.00. The Hall–Kier alpha value is -1.90. The summed E-state index contributed by atoms with van der Waals surface area (Å²) < 4.78 is 15.5. The first-order valence-corrected chi connectivity index (χ1v) is 8.58. The highest BCUT2D eigenvalue weighted by Gasteiger charge is 2.34. The molecule has 0 saturated carbocycles. The van der Waals surface area contributed by atoms with Gasteiger partial charge in [0.15, 0.2) is 5.58 Å². The highest BCUT2D eigenvalue weighted by molar-refractivity contribution is 8.29. The first-order chi connectivity index (χ1) is 11.5. The molecule has 0 aliphatic carbocycles. The number of hydrogen-bond donors (Lipinski definition) is 0. The molecule has 9 heteroatoms. The fourth-order valence-corrected chi connectivity index (χ4v) is 4.54. The Morgan fingerprint density at radius 2 is 1.67 bits per heavy atom. The number of halogens is 1. The van der Waals surface area contributed by atoms with Crippen molar-refractivity contribution in [3.8, 4) is 0 Å². The van der Waals surface area contributed by atoms with Crippen LogP contribution in [0.4, 0.5) is 0 Å². The number of thioether (sulfide) groups is 2. The lowest BCUT2D eigenvalue weighted by atomic mass is 10.3. The van der Waals surface area contributed by atoms with Crippen LogP contribution in [0, 0.1) is 0 Å². The number of benzene rings is 1. The number of fused-ring (bicyclic) bond motifs is 1. The molecule has 1 aromatic heterocycles. The highest BCUT2D eigenvalue weighted by Crippen LogP contribution is 2.53. The van der Waals surface area contributed by atoms with Crippen LogP contribution >= 0.6 is 35.1 Å². The van der Waals surface area contributed by atoms with Gasteiger partial charge in [-0.15, -0.1) is 0 Å². The molecule has 1 aliphatic rings. The second-order valence-electron chi connectivity index (χ2n) is 4.43. The maximum atomic E-state index is 11.9. The zero-order valence-corrected chi connectivity index (χ0v) is 14.9. The third-order valence-corrected chi connectivity index (χ3v) is 6.13. The molecule has 0 bridgehead atoms. The minimum absolute atomic E-state index is 0.124. The van der Waals surface area contributed by atoms with E-state index in [1.807, 2.05) is 12.1 Å². The minimum atomic E-state index is -0.634. The normalized spacial score (nSPS) is 14.2. The van der Waals surface area contributed by atoms with E-state index in [1.165, 1.54) is 14.2 Å². The number of ether oxygens (including phenoxy) is 2. The van der Waals surface area contributed by atoms with Crippen LogP contribution < -0.4 is 0 Å². The number of methoxy groups -OCH3 is 2. The molecule has 0 fully saturated rings. The van der Waals surface area contributed by atoms with Crippen LogP contribution in [0.5, 0.6) is 0 Å². The number of hydrogen-bond acceptors (Lipinski definition) is 8.